The highest BCUT2D eigenvalue weighted by molar-refractivity contribution is 5.67. The molecule has 0 aliphatic carbocycles. The van der Waals surface area contributed by atoms with Crippen molar-refractivity contribution in [1.29, 1.82) is 0 Å². The van der Waals surface area contributed by atoms with Crippen molar-refractivity contribution in [3.05, 3.63) is 0 Å². The van der Waals surface area contributed by atoms with Gasteiger partial charge in [-0.05, 0) is 46.1 Å². The lowest BCUT2D eigenvalue weighted by molar-refractivity contribution is 0.0173. The van der Waals surface area contributed by atoms with Gasteiger partial charge in [0.1, 0.15) is 5.60 Å². The normalized spacial score (nSPS) is 21.3. The molecule has 2 N–H and O–H groups in total. The molecule has 1 fully saturated rings. The summed E-state index contributed by atoms with van der Waals surface area (Å²) in [4.78, 5) is 15.4. The molecule has 0 radical (unpaired) electrons. The smallest absolute Gasteiger partial charge is 0.410 e. The van der Waals surface area contributed by atoms with Gasteiger partial charge in [0, 0.05) is 26.7 Å². The second-order valence-electron chi connectivity index (χ2n) is 6.94. The van der Waals surface area contributed by atoms with Crippen molar-refractivity contribution < 1.29 is 19.7 Å². The Morgan fingerprint density at radius 3 is 2.71 bits per heavy atom. The van der Waals surface area contributed by atoms with Gasteiger partial charge in [0.05, 0.1) is 12.6 Å². The fraction of sp³-hybridized carbons (Fsp3) is 0.933. The Kier molecular flexibility index (Phi) is 6.90. The minimum Gasteiger partial charge on any atom is -0.444 e. The largest absolute Gasteiger partial charge is 0.444 e. The van der Waals surface area contributed by atoms with Crippen LogP contribution in [0.2, 0.25) is 0 Å². The van der Waals surface area contributed by atoms with E-state index in [9.17, 15) is 9.90 Å². The molecule has 2 atom stereocenters. The number of hydrogen-bond donors (Lipinski definition) is 2. The number of β-amino-alcohol motifs (C(OH)–C–C–N with tert-alkyl or cyclic N) is 1. The first kappa shape index (κ1) is 18.2. The molecule has 124 valence electrons. The second-order valence-corrected chi connectivity index (χ2v) is 6.94. The van der Waals surface area contributed by atoms with Crippen molar-refractivity contribution in [1.82, 2.24) is 9.80 Å². The van der Waals surface area contributed by atoms with Crippen molar-refractivity contribution in [2.45, 2.75) is 45.3 Å². The first-order chi connectivity index (χ1) is 9.71. The zero-order valence-corrected chi connectivity index (χ0v) is 13.7. The Hall–Kier alpha value is -0.850. The van der Waals surface area contributed by atoms with Gasteiger partial charge >= 0.3 is 6.09 Å². The number of carbonyl (C=O) groups excluding carboxylic acids is 1. The quantitative estimate of drug-likeness (QED) is 0.763. The van der Waals surface area contributed by atoms with E-state index in [1.807, 2.05) is 20.8 Å². The van der Waals surface area contributed by atoms with Crippen LogP contribution < -0.4 is 0 Å². The van der Waals surface area contributed by atoms with Crippen LogP contribution in [0.1, 0.15) is 33.6 Å². The van der Waals surface area contributed by atoms with Crippen LogP contribution in [0.3, 0.4) is 0 Å². The molecule has 0 bridgehead atoms. The Labute approximate surface area is 127 Å². The van der Waals surface area contributed by atoms with Gasteiger partial charge < -0.3 is 24.7 Å². The van der Waals surface area contributed by atoms with Gasteiger partial charge in [-0.25, -0.2) is 4.79 Å². The van der Waals surface area contributed by atoms with Crippen LogP contribution in [0.25, 0.3) is 0 Å². The maximum atomic E-state index is 11.8. The highest BCUT2D eigenvalue weighted by Gasteiger charge is 2.26. The Balaban J connectivity index is 2.30. The second kappa shape index (κ2) is 7.96. The molecule has 1 aliphatic heterocycles. The summed E-state index contributed by atoms with van der Waals surface area (Å²) in [5, 5.41) is 19.0. The van der Waals surface area contributed by atoms with E-state index in [-0.39, 0.29) is 13.2 Å². The van der Waals surface area contributed by atoms with Crippen LogP contribution in [0.4, 0.5) is 4.79 Å². The predicted molar refractivity (Wildman–Crippen MR) is 81.1 cm³/mol. The summed E-state index contributed by atoms with van der Waals surface area (Å²) < 4.78 is 5.25. The van der Waals surface area contributed by atoms with E-state index in [1.54, 1.807) is 7.05 Å². The number of ether oxygens (including phenoxy) is 1. The molecule has 6 heteroatoms. The molecule has 1 saturated heterocycles. The monoisotopic (exact) mass is 302 g/mol. The lowest BCUT2D eigenvalue weighted by Gasteiger charge is -2.27. The van der Waals surface area contributed by atoms with Crippen LogP contribution in [-0.4, -0.2) is 77.6 Å². The van der Waals surface area contributed by atoms with E-state index in [0.717, 1.165) is 25.9 Å². The molecule has 0 aromatic carbocycles. The zero-order valence-electron chi connectivity index (χ0n) is 13.7. The topological polar surface area (TPSA) is 73.2 Å². The van der Waals surface area contributed by atoms with Gasteiger partial charge in [-0.3, -0.25) is 0 Å². The highest BCUT2D eigenvalue weighted by Crippen LogP contribution is 2.19. The van der Waals surface area contributed by atoms with Gasteiger partial charge in [-0.2, -0.15) is 0 Å². The number of aliphatic hydroxyl groups is 2. The number of aliphatic hydroxyl groups excluding tert-OH is 2. The molecule has 1 amide bonds. The number of nitrogens with zero attached hydrogens (tertiary/aromatic N) is 2. The molecule has 1 aliphatic rings. The van der Waals surface area contributed by atoms with Crippen LogP contribution >= 0.6 is 0 Å². The standard InChI is InChI=1S/C15H30N2O4/c1-15(2,3)21-14(20)16(4)10-13(19)11-17-7-5-12(9-17)6-8-18/h12-13,18-19H,5-11H2,1-4H3/t12-,13-/m0/s1. The number of carbonyl (C=O) groups is 1. The molecule has 21 heavy (non-hydrogen) atoms. The van der Waals surface area contributed by atoms with Gasteiger partial charge in [-0.1, -0.05) is 0 Å². The van der Waals surface area contributed by atoms with E-state index in [1.165, 1.54) is 4.90 Å². The van der Waals surface area contributed by atoms with E-state index < -0.39 is 17.8 Å². The van der Waals surface area contributed by atoms with Gasteiger partial charge in [0.2, 0.25) is 0 Å². The molecule has 0 aromatic rings. The van der Waals surface area contributed by atoms with Crippen molar-refractivity contribution >= 4 is 6.09 Å². The predicted octanol–water partition coefficient (Wildman–Crippen LogP) is 0.918. The maximum Gasteiger partial charge on any atom is 0.410 e. The molecular formula is C15H30N2O4. The van der Waals surface area contributed by atoms with Gasteiger partial charge in [-0.15, -0.1) is 0 Å². The first-order valence-electron chi connectivity index (χ1n) is 7.66. The summed E-state index contributed by atoms with van der Waals surface area (Å²) in [7, 11) is 1.63. The Bertz CT molecular complexity index is 330. The number of likely N-dealkylation sites (tertiary alicyclic amines) is 1. The number of likely N-dealkylation sites (N-methyl/N-ethyl adjacent to an activating group) is 1. The van der Waals surface area contributed by atoms with E-state index in [4.69, 9.17) is 9.84 Å². The summed E-state index contributed by atoms with van der Waals surface area (Å²) in [6.45, 7) is 8.35. The maximum absolute atomic E-state index is 11.8. The number of rotatable bonds is 6. The fourth-order valence-electron chi connectivity index (χ4n) is 2.58. The van der Waals surface area contributed by atoms with Crippen molar-refractivity contribution in [3.63, 3.8) is 0 Å². The minimum atomic E-state index is -0.588. The molecule has 1 heterocycles. The zero-order chi connectivity index (χ0) is 16.0. The summed E-state index contributed by atoms with van der Waals surface area (Å²) in [6, 6.07) is 0. The summed E-state index contributed by atoms with van der Waals surface area (Å²) in [5.74, 6) is 0.519. The van der Waals surface area contributed by atoms with Crippen molar-refractivity contribution in [2.24, 2.45) is 5.92 Å². The average Bonchev–Trinajstić information content (AvgIpc) is 2.74. The lowest BCUT2D eigenvalue weighted by atomic mass is 10.1. The summed E-state index contributed by atoms with van der Waals surface area (Å²) >= 11 is 0. The van der Waals surface area contributed by atoms with Crippen LogP contribution in [0.15, 0.2) is 0 Å². The van der Waals surface area contributed by atoms with Crippen LogP contribution in [0.5, 0.6) is 0 Å². The number of hydrogen-bond acceptors (Lipinski definition) is 5. The number of amides is 1. The van der Waals surface area contributed by atoms with Gasteiger partial charge in [0.25, 0.3) is 0 Å². The molecule has 1 rings (SSSR count). The summed E-state index contributed by atoms with van der Waals surface area (Å²) in [5.41, 5.74) is -0.525. The SMILES string of the molecule is CN(C[C@H](O)CN1CC[C@@H](CCO)C1)C(=O)OC(C)(C)C. The van der Waals surface area contributed by atoms with E-state index in [0.29, 0.717) is 12.5 Å². The van der Waals surface area contributed by atoms with E-state index in [2.05, 4.69) is 4.90 Å². The fourth-order valence-corrected chi connectivity index (χ4v) is 2.58. The highest BCUT2D eigenvalue weighted by atomic mass is 16.6. The first-order valence-corrected chi connectivity index (χ1v) is 7.66. The summed E-state index contributed by atoms with van der Waals surface area (Å²) in [6.07, 6.45) is 0.885. The molecule has 0 saturated carbocycles. The lowest BCUT2D eigenvalue weighted by Crippen LogP contribution is -2.42. The minimum absolute atomic E-state index is 0.225. The van der Waals surface area contributed by atoms with Crippen LogP contribution in [-0.2, 0) is 4.74 Å². The van der Waals surface area contributed by atoms with E-state index >= 15 is 0 Å². The Morgan fingerprint density at radius 1 is 1.48 bits per heavy atom. The molecular weight excluding hydrogens is 272 g/mol. The molecule has 6 nitrogen and oxygen atoms in total. The third-order valence-electron chi connectivity index (χ3n) is 3.57. The molecule has 0 aromatic heterocycles. The molecule has 0 spiro atoms. The third-order valence-corrected chi connectivity index (χ3v) is 3.57. The van der Waals surface area contributed by atoms with Crippen molar-refractivity contribution in [2.75, 3.05) is 39.8 Å². The average molecular weight is 302 g/mol. The van der Waals surface area contributed by atoms with Gasteiger partial charge in [0.15, 0.2) is 0 Å². The molecule has 0 unspecified atom stereocenters. The van der Waals surface area contributed by atoms with Crippen molar-refractivity contribution in [3.8, 4) is 0 Å². The Morgan fingerprint density at radius 2 is 2.14 bits per heavy atom. The van der Waals surface area contributed by atoms with Crippen LogP contribution in [0, 0.1) is 5.92 Å². The third kappa shape index (κ3) is 7.11.